The molecule has 8 heteroatoms. The van der Waals surface area contributed by atoms with Gasteiger partial charge in [-0.15, -0.1) is 11.3 Å². The Morgan fingerprint density at radius 2 is 1.82 bits per heavy atom. The maximum Gasteiger partial charge on any atom is 0.241 e. The van der Waals surface area contributed by atoms with Crippen LogP contribution < -0.4 is 5.32 Å². The molecule has 2 aliphatic heterocycles. The number of nitrogens with one attached hydrogen (secondary N) is 1. The molecule has 2 aliphatic rings. The van der Waals surface area contributed by atoms with E-state index in [2.05, 4.69) is 49.5 Å². The molecule has 0 saturated carbocycles. The molecule has 0 aliphatic carbocycles. The van der Waals surface area contributed by atoms with Gasteiger partial charge in [-0.25, -0.2) is 0 Å². The Balaban J connectivity index is 1.09. The van der Waals surface area contributed by atoms with Crippen LogP contribution in [0.25, 0.3) is 10.7 Å². The van der Waals surface area contributed by atoms with Gasteiger partial charge < -0.3 is 9.84 Å². The number of benzene rings is 1. The third-order valence-corrected chi connectivity index (χ3v) is 7.41. The van der Waals surface area contributed by atoms with Gasteiger partial charge in [0.25, 0.3) is 0 Å². The molecule has 1 aromatic carbocycles. The molecule has 7 nitrogen and oxygen atoms in total. The summed E-state index contributed by atoms with van der Waals surface area (Å²) in [5.41, 5.74) is 2.49. The zero-order valence-corrected chi connectivity index (χ0v) is 19.7. The molecule has 0 radical (unpaired) electrons. The third kappa shape index (κ3) is 5.88. The first-order valence-corrected chi connectivity index (χ1v) is 12.8. The topological polar surface area (TPSA) is 74.5 Å². The first-order chi connectivity index (χ1) is 16.2. The van der Waals surface area contributed by atoms with Gasteiger partial charge in [-0.1, -0.05) is 35.5 Å². The minimum Gasteiger partial charge on any atom is -0.352 e. The summed E-state index contributed by atoms with van der Waals surface area (Å²) in [5.74, 6) is 1.37. The van der Waals surface area contributed by atoms with Crippen molar-refractivity contribution in [2.24, 2.45) is 5.92 Å². The van der Waals surface area contributed by atoms with Crippen molar-refractivity contribution in [1.82, 2.24) is 25.3 Å². The highest BCUT2D eigenvalue weighted by Crippen LogP contribution is 2.23. The Labute approximate surface area is 198 Å². The lowest BCUT2D eigenvalue weighted by atomic mass is 9.97. The van der Waals surface area contributed by atoms with Crippen molar-refractivity contribution in [1.29, 1.82) is 0 Å². The summed E-state index contributed by atoms with van der Waals surface area (Å²) in [6.45, 7) is 6.26. The molecule has 3 aromatic rings. The van der Waals surface area contributed by atoms with Crippen LogP contribution in [0.5, 0.6) is 0 Å². The molecule has 5 rings (SSSR count). The summed E-state index contributed by atoms with van der Waals surface area (Å²) in [4.78, 5) is 23.1. The van der Waals surface area contributed by atoms with Gasteiger partial charge >= 0.3 is 0 Å². The molecule has 174 valence electrons. The molecule has 0 bridgehead atoms. The van der Waals surface area contributed by atoms with E-state index in [1.165, 1.54) is 31.5 Å². The Morgan fingerprint density at radius 3 is 2.61 bits per heavy atom. The van der Waals surface area contributed by atoms with Crippen LogP contribution in [0.1, 0.15) is 42.7 Å². The van der Waals surface area contributed by atoms with Crippen LogP contribution >= 0.6 is 11.3 Å². The minimum atomic E-state index is -0.00659. The van der Waals surface area contributed by atoms with Crippen LogP contribution in [0, 0.1) is 5.92 Å². The van der Waals surface area contributed by atoms with Gasteiger partial charge in [0.05, 0.1) is 17.3 Å². The standard InChI is InChI=1S/C25H31N5O2S/c31-25(26-15-19-7-9-20(10-8-19)16-29-11-1-2-12-29)21-5-3-13-30(17-21)18-23-27-24(28-32-23)22-6-4-14-33-22/h4,6-10,14,21H,1-3,5,11-13,15-18H2,(H,26,31). The van der Waals surface area contributed by atoms with Crippen LogP contribution in [0.3, 0.4) is 0 Å². The third-order valence-electron chi connectivity index (χ3n) is 6.54. The van der Waals surface area contributed by atoms with Crippen LogP contribution in [-0.4, -0.2) is 52.0 Å². The number of hydrogen-bond donors (Lipinski definition) is 1. The number of piperidine rings is 1. The van der Waals surface area contributed by atoms with Crippen LogP contribution in [0.15, 0.2) is 46.3 Å². The summed E-state index contributed by atoms with van der Waals surface area (Å²) in [6.07, 6.45) is 4.54. The van der Waals surface area contributed by atoms with Crippen molar-refractivity contribution in [2.45, 2.75) is 45.3 Å². The molecule has 2 aromatic heterocycles. The molecule has 1 amide bonds. The Bertz CT molecular complexity index is 1030. The second-order valence-electron chi connectivity index (χ2n) is 9.08. The summed E-state index contributed by atoms with van der Waals surface area (Å²) >= 11 is 1.60. The van der Waals surface area contributed by atoms with Crippen molar-refractivity contribution < 1.29 is 9.32 Å². The number of carbonyl (C=O) groups excluding carboxylic acids is 1. The number of rotatable bonds is 8. The zero-order chi connectivity index (χ0) is 22.5. The van der Waals surface area contributed by atoms with Crippen molar-refractivity contribution >= 4 is 17.2 Å². The van der Waals surface area contributed by atoms with E-state index in [4.69, 9.17) is 4.52 Å². The van der Waals surface area contributed by atoms with E-state index < -0.39 is 0 Å². The summed E-state index contributed by atoms with van der Waals surface area (Å²) < 4.78 is 5.44. The number of likely N-dealkylation sites (tertiary alicyclic amines) is 2. The largest absolute Gasteiger partial charge is 0.352 e. The average Bonchev–Trinajstić information content (AvgIpc) is 3.62. The number of carbonyl (C=O) groups is 1. The normalized spacial score (nSPS) is 19.7. The Kier molecular flexibility index (Phi) is 7.14. The summed E-state index contributed by atoms with van der Waals surface area (Å²) in [5, 5.41) is 9.24. The van der Waals surface area contributed by atoms with Crippen LogP contribution in [0.4, 0.5) is 0 Å². The predicted molar refractivity (Wildman–Crippen MR) is 128 cm³/mol. The van der Waals surface area contributed by atoms with Gasteiger partial charge in [-0.3, -0.25) is 14.6 Å². The number of hydrogen-bond acceptors (Lipinski definition) is 7. The number of amides is 1. The van der Waals surface area contributed by atoms with Gasteiger partial charge in [-0.05, 0) is 67.9 Å². The molecule has 2 saturated heterocycles. The zero-order valence-electron chi connectivity index (χ0n) is 18.9. The van der Waals surface area contributed by atoms with Crippen molar-refractivity contribution in [3.05, 3.63) is 58.8 Å². The predicted octanol–water partition coefficient (Wildman–Crippen LogP) is 3.92. The van der Waals surface area contributed by atoms with Crippen molar-refractivity contribution in [3.63, 3.8) is 0 Å². The lowest BCUT2D eigenvalue weighted by molar-refractivity contribution is -0.127. The van der Waals surface area contributed by atoms with E-state index >= 15 is 0 Å². The van der Waals surface area contributed by atoms with E-state index in [0.717, 1.165) is 42.9 Å². The highest BCUT2D eigenvalue weighted by molar-refractivity contribution is 7.13. The fourth-order valence-corrected chi connectivity index (χ4v) is 5.37. The van der Waals surface area contributed by atoms with Gasteiger partial charge in [0.2, 0.25) is 17.6 Å². The molecule has 1 unspecified atom stereocenters. The van der Waals surface area contributed by atoms with E-state index in [-0.39, 0.29) is 11.8 Å². The molecule has 33 heavy (non-hydrogen) atoms. The second kappa shape index (κ2) is 10.6. The fourth-order valence-electron chi connectivity index (χ4n) is 4.72. The molecule has 4 heterocycles. The monoisotopic (exact) mass is 465 g/mol. The first-order valence-electron chi connectivity index (χ1n) is 11.9. The second-order valence-corrected chi connectivity index (χ2v) is 10.0. The minimum absolute atomic E-state index is 0.00659. The first kappa shape index (κ1) is 22.3. The Morgan fingerprint density at radius 1 is 1.03 bits per heavy atom. The van der Waals surface area contributed by atoms with E-state index in [1.807, 2.05) is 17.5 Å². The van der Waals surface area contributed by atoms with E-state index in [9.17, 15) is 4.79 Å². The maximum atomic E-state index is 12.8. The molecule has 2 fully saturated rings. The lowest BCUT2D eigenvalue weighted by Crippen LogP contribution is -2.42. The fraction of sp³-hybridized carbons (Fsp3) is 0.480. The summed E-state index contributed by atoms with van der Waals surface area (Å²) in [6, 6.07) is 12.6. The lowest BCUT2D eigenvalue weighted by Gasteiger charge is -2.30. The number of nitrogens with zero attached hydrogens (tertiary/aromatic N) is 4. The molecule has 1 atom stereocenters. The number of thiophene rings is 1. The van der Waals surface area contributed by atoms with Crippen LogP contribution in [0.2, 0.25) is 0 Å². The van der Waals surface area contributed by atoms with Gasteiger partial charge in [-0.2, -0.15) is 4.98 Å². The number of aromatic nitrogens is 2. The quantitative estimate of drug-likeness (QED) is 0.544. The molecule has 1 N–H and O–H groups in total. The summed E-state index contributed by atoms with van der Waals surface area (Å²) in [7, 11) is 0. The highest BCUT2D eigenvalue weighted by Gasteiger charge is 2.27. The van der Waals surface area contributed by atoms with Gasteiger partial charge in [0, 0.05) is 19.6 Å². The van der Waals surface area contributed by atoms with Gasteiger partial charge in [0.15, 0.2) is 0 Å². The van der Waals surface area contributed by atoms with Crippen LogP contribution in [-0.2, 0) is 24.4 Å². The van der Waals surface area contributed by atoms with Crippen molar-refractivity contribution in [3.8, 4) is 10.7 Å². The highest BCUT2D eigenvalue weighted by atomic mass is 32.1. The smallest absolute Gasteiger partial charge is 0.241 e. The molecule has 0 spiro atoms. The molecular weight excluding hydrogens is 434 g/mol. The average molecular weight is 466 g/mol. The molecular formula is C25H31N5O2S. The van der Waals surface area contributed by atoms with Crippen molar-refractivity contribution in [2.75, 3.05) is 26.2 Å². The van der Waals surface area contributed by atoms with Gasteiger partial charge in [0.1, 0.15) is 0 Å². The maximum absolute atomic E-state index is 12.8. The Hall–Kier alpha value is -2.55. The van der Waals surface area contributed by atoms with E-state index in [0.29, 0.717) is 24.8 Å². The SMILES string of the molecule is O=C(NCc1ccc(CN2CCCC2)cc1)C1CCCN(Cc2nc(-c3cccs3)no2)C1. The van der Waals surface area contributed by atoms with E-state index in [1.54, 1.807) is 11.3 Å².